The molecule has 3 aromatic heterocycles. The average molecular weight is 325 g/mol. The summed E-state index contributed by atoms with van der Waals surface area (Å²) in [6, 6.07) is 3.41. The number of aryl methyl sites for hydroxylation is 1. The second-order valence-corrected chi connectivity index (χ2v) is 6.68. The zero-order valence-corrected chi connectivity index (χ0v) is 14.0. The predicted octanol–water partition coefficient (Wildman–Crippen LogP) is 2.44. The quantitative estimate of drug-likeness (QED) is 0.757. The molecule has 7 heteroatoms. The van der Waals surface area contributed by atoms with Crippen molar-refractivity contribution in [1.29, 1.82) is 0 Å². The zero-order valence-electron chi connectivity index (χ0n) is 14.0. The molecule has 24 heavy (non-hydrogen) atoms. The number of nitrogens with zero attached hydrogens (tertiary/aromatic N) is 3. The number of anilines is 1. The Morgan fingerprint density at radius 2 is 2.04 bits per heavy atom. The van der Waals surface area contributed by atoms with Crippen LogP contribution in [0.4, 0.5) is 5.69 Å². The Hall–Kier alpha value is -2.96. The van der Waals surface area contributed by atoms with Crippen LogP contribution >= 0.6 is 0 Å². The third-order valence-corrected chi connectivity index (χ3v) is 3.65. The standard InChI is InChI=1S/C17H19N5O2/c1-10-5-6-12-14(23)13(8-18-15(12)20-10)16(24)21-11-7-19-22(9-11)17(2,3)4/h5-9H,1-4H3,(H,21,24)(H,18,20,23). The number of carbonyl (C=O) groups excluding carboxylic acids is 1. The summed E-state index contributed by atoms with van der Waals surface area (Å²) in [5.41, 5.74) is 1.31. The maximum atomic E-state index is 12.5. The third-order valence-electron chi connectivity index (χ3n) is 3.65. The number of fused-ring (bicyclic) bond motifs is 1. The highest BCUT2D eigenvalue weighted by molar-refractivity contribution is 6.05. The van der Waals surface area contributed by atoms with Crippen molar-refractivity contribution >= 4 is 22.6 Å². The van der Waals surface area contributed by atoms with Crippen LogP contribution in [-0.4, -0.2) is 25.7 Å². The van der Waals surface area contributed by atoms with E-state index in [9.17, 15) is 9.59 Å². The maximum absolute atomic E-state index is 12.5. The molecule has 0 saturated carbocycles. The fourth-order valence-electron chi connectivity index (χ4n) is 2.32. The van der Waals surface area contributed by atoms with Gasteiger partial charge < -0.3 is 10.3 Å². The number of aromatic amines is 1. The summed E-state index contributed by atoms with van der Waals surface area (Å²) < 4.78 is 1.75. The van der Waals surface area contributed by atoms with Gasteiger partial charge in [-0.1, -0.05) is 0 Å². The molecule has 7 nitrogen and oxygen atoms in total. The molecule has 0 spiro atoms. The van der Waals surface area contributed by atoms with E-state index < -0.39 is 5.91 Å². The smallest absolute Gasteiger partial charge is 0.261 e. The van der Waals surface area contributed by atoms with Gasteiger partial charge in [0.2, 0.25) is 5.43 Å². The molecule has 0 fully saturated rings. The Kier molecular flexibility index (Phi) is 3.71. The fraction of sp³-hybridized carbons (Fsp3) is 0.294. The van der Waals surface area contributed by atoms with Gasteiger partial charge >= 0.3 is 0 Å². The number of hydrogen-bond acceptors (Lipinski definition) is 4. The van der Waals surface area contributed by atoms with Gasteiger partial charge in [0, 0.05) is 18.1 Å². The highest BCUT2D eigenvalue weighted by Crippen LogP contribution is 2.16. The van der Waals surface area contributed by atoms with Crippen LogP contribution in [0.15, 0.2) is 35.5 Å². The van der Waals surface area contributed by atoms with Crippen LogP contribution < -0.4 is 10.7 Å². The number of hydrogen-bond donors (Lipinski definition) is 2. The molecule has 0 aliphatic carbocycles. The first-order chi connectivity index (χ1) is 11.3. The molecule has 0 saturated heterocycles. The van der Waals surface area contributed by atoms with Crippen molar-refractivity contribution in [3.05, 3.63) is 52.2 Å². The monoisotopic (exact) mass is 325 g/mol. The molecule has 0 atom stereocenters. The van der Waals surface area contributed by atoms with Crippen LogP contribution in [0.3, 0.4) is 0 Å². The molecule has 3 aromatic rings. The van der Waals surface area contributed by atoms with Gasteiger partial charge in [-0.25, -0.2) is 4.98 Å². The Balaban J connectivity index is 1.92. The maximum Gasteiger partial charge on any atom is 0.261 e. The highest BCUT2D eigenvalue weighted by Gasteiger charge is 2.17. The Labute approximate surface area is 138 Å². The molecular weight excluding hydrogens is 306 g/mol. The summed E-state index contributed by atoms with van der Waals surface area (Å²) in [5.74, 6) is -0.479. The van der Waals surface area contributed by atoms with Gasteiger partial charge in [-0.3, -0.25) is 14.3 Å². The lowest BCUT2D eigenvalue weighted by atomic mass is 10.1. The van der Waals surface area contributed by atoms with Gasteiger partial charge in [0.25, 0.3) is 5.91 Å². The lowest BCUT2D eigenvalue weighted by molar-refractivity contribution is 0.102. The second kappa shape index (κ2) is 5.59. The minimum Gasteiger partial charge on any atom is -0.345 e. The van der Waals surface area contributed by atoms with Crippen LogP contribution in [0.5, 0.6) is 0 Å². The lowest BCUT2D eigenvalue weighted by Gasteiger charge is -2.18. The van der Waals surface area contributed by atoms with Crippen LogP contribution in [0, 0.1) is 6.92 Å². The molecule has 0 unspecified atom stereocenters. The van der Waals surface area contributed by atoms with Crippen molar-refractivity contribution in [3.63, 3.8) is 0 Å². The van der Waals surface area contributed by atoms with E-state index >= 15 is 0 Å². The molecule has 3 heterocycles. The van der Waals surface area contributed by atoms with Gasteiger partial charge in [-0.2, -0.15) is 5.10 Å². The molecule has 0 radical (unpaired) electrons. The Morgan fingerprint density at radius 1 is 1.29 bits per heavy atom. The topological polar surface area (TPSA) is 92.7 Å². The average Bonchev–Trinajstić information content (AvgIpc) is 2.96. The molecule has 3 rings (SSSR count). The van der Waals surface area contributed by atoms with E-state index in [1.165, 1.54) is 6.20 Å². The third kappa shape index (κ3) is 2.92. The summed E-state index contributed by atoms with van der Waals surface area (Å²) >= 11 is 0. The van der Waals surface area contributed by atoms with Crippen molar-refractivity contribution in [3.8, 4) is 0 Å². The molecule has 2 N–H and O–H groups in total. The van der Waals surface area contributed by atoms with Crippen molar-refractivity contribution < 1.29 is 4.79 Å². The fourth-order valence-corrected chi connectivity index (χ4v) is 2.32. The van der Waals surface area contributed by atoms with E-state index in [4.69, 9.17) is 0 Å². The van der Waals surface area contributed by atoms with E-state index in [2.05, 4.69) is 20.4 Å². The first-order valence-electron chi connectivity index (χ1n) is 7.61. The first-order valence-corrected chi connectivity index (χ1v) is 7.61. The Bertz CT molecular complexity index is 979. The van der Waals surface area contributed by atoms with Crippen LogP contribution in [0.25, 0.3) is 11.0 Å². The van der Waals surface area contributed by atoms with Gasteiger partial charge in [-0.15, -0.1) is 0 Å². The van der Waals surface area contributed by atoms with Crippen LogP contribution in [0.1, 0.15) is 36.8 Å². The molecule has 0 aromatic carbocycles. The van der Waals surface area contributed by atoms with Crippen molar-refractivity contribution in [2.75, 3.05) is 5.32 Å². The normalized spacial score (nSPS) is 11.7. The number of nitrogens with one attached hydrogen (secondary N) is 2. The summed E-state index contributed by atoms with van der Waals surface area (Å²) in [4.78, 5) is 32.1. The number of H-pyrrole nitrogens is 1. The molecule has 0 bridgehead atoms. The minimum atomic E-state index is -0.479. The SMILES string of the molecule is Cc1ccc2c(=O)c(C(=O)Nc3cnn(C(C)(C)C)c3)c[nH]c2n1. The Morgan fingerprint density at radius 3 is 2.71 bits per heavy atom. The molecule has 0 aliphatic rings. The van der Waals surface area contributed by atoms with Crippen molar-refractivity contribution in [2.45, 2.75) is 33.2 Å². The first kappa shape index (κ1) is 15.9. The van der Waals surface area contributed by atoms with E-state index in [1.807, 2.05) is 27.7 Å². The van der Waals surface area contributed by atoms with Gasteiger partial charge in [0.05, 0.1) is 22.8 Å². The molecule has 1 amide bonds. The molecular formula is C17H19N5O2. The molecule has 0 aliphatic heterocycles. The zero-order chi connectivity index (χ0) is 17.5. The number of carbonyl (C=O) groups is 1. The van der Waals surface area contributed by atoms with Gasteiger partial charge in [-0.05, 0) is 39.8 Å². The van der Waals surface area contributed by atoms with Crippen LogP contribution in [0.2, 0.25) is 0 Å². The summed E-state index contributed by atoms with van der Waals surface area (Å²) in [5, 5.41) is 7.31. The number of rotatable bonds is 2. The number of amides is 1. The van der Waals surface area contributed by atoms with E-state index in [1.54, 1.807) is 29.2 Å². The van der Waals surface area contributed by atoms with Crippen molar-refractivity contribution in [2.24, 2.45) is 0 Å². The van der Waals surface area contributed by atoms with E-state index in [0.717, 1.165) is 5.69 Å². The molecule has 124 valence electrons. The minimum absolute atomic E-state index is 0.0386. The largest absolute Gasteiger partial charge is 0.345 e. The highest BCUT2D eigenvalue weighted by atomic mass is 16.2. The lowest BCUT2D eigenvalue weighted by Crippen LogP contribution is -2.23. The van der Waals surface area contributed by atoms with Crippen LogP contribution in [-0.2, 0) is 5.54 Å². The van der Waals surface area contributed by atoms with E-state index in [-0.39, 0.29) is 16.5 Å². The van der Waals surface area contributed by atoms with Crippen molar-refractivity contribution in [1.82, 2.24) is 19.7 Å². The van der Waals surface area contributed by atoms with Gasteiger partial charge in [0.15, 0.2) is 0 Å². The van der Waals surface area contributed by atoms with Gasteiger partial charge in [0.1, 0.15) is 11.2 Å². The summed E-state index contributed by atoms with van der Waals surface area (Å²) in [7, 11) is 0. The van der Waals surface area contributed by atoms with E-state index in [0.29, 0.717) is 16.7 Å². The predicted molar refractivity (Wildman–Crippen MR) is 92.3 cm³/mol. The number of aromatic nitrogens is 4. The summed E-state index contributed by atoms with van der Waals surface area (Å²) in [6.45, 7) is 7.86. The summed E-state index contributed by atoms with van der Waals surface area (Å²) in [6.07, 6.45) is 4.68. The second-order valence-electron chi connectivity index (χ2n) is 6.68. The number of pyridine rings is 2.